The number of rotatable bonds is 3. The standard InChI is InChI=1S/C14H14S/c1-2-15(13-9-5-3-6-10-13)14-11-7-4-8-12-14/h2-12,15H,1H2. The second-order valence-electron chi connectivity index (χ2n) is 3.22. The Morgan fingerprint density at radius 1 is 0.733 bits per heavy atom. The molecule has 0 unspecified atom stereocenters. The summed E-state index contributed by atoms with van der Waals surface area (Å²) in [5.74, 6) is 0. The van der Waals surface area contributed by atoms with Crippen LogP contribution in [0.15, 0.2) is 82.4 Å². The summed E-state index contributed by atoms with van der Waals surface area (Å²) in [5, 5.41) is 2.06. The van der Waals surface area contributed by atoms with Crippen molar-refractivity contribution < 1.29 is 0 Å². The molecule has 0 bridgehead atoms. The van der Waals surface area contributed by atoms with Crippen LogP contribution in [0.5, 0.6) is 0 Å². The molecular formula is C14H14S. The minimum absolute atomic E-state index is 0.385. The summed E-state index contributed by atoms with van der Waals surface area (Å²) in [6.45, 7) is 3.94. The van der Waals surface area contributed by atoms with E-state index in [1.54, 1.807) is 0 Å². The maximum atomic E-state index is 3.94. The Bertz CT molecular complexity index is 380. The second-order valence-corrected chi connectivity index (χ2v) is 5.36. The van der Waals surface area contributed by atoms with E-state index in [0.29, 0.717) is 0 Å². The van der Waals surface area contributed by atoms with E-state index >= 15 is 0 Å². The van der Waals surface area contributed by atoms with Gasteiger partial charge in [-0.25, -0.2) is 0 Å². The summed E-state index contributed by atoms with van der Waals surface area (Å²) in [5.41, 5.74) is 0. The van der Waals surface area contributed by atoms with Crippen molar-refractivity contribution in [1.29, 1.82) is 0 Å². The monoisotopic (exact) mass is 214 g/mol. The molecule has 0 aliphatic rings. The Balaban J connectivity index is 2.38. The van der Waals surface area contributed by atoms with Crippen LogP contribution in [-0.2, 0) is 0 Å². The first-order valence-corrected chi connectivity index (χ1v) is 6.35. The van der Waals surface area contributed by atoms with Gasteiger partial charge >= 0.3 is 0 Å². The molecule has 2 aromatic carbocycles. The maximum Gasteiger partial charge on any atom is -0.00504 e. The minimum Gasteiger partial charge on any atom is -0.180 e. The van der Waals surface area contributed by atoms with Crippen molar-refractivity contribution >= 4 is 10.9 Å². The van der Waals surface area contributed by atoms with Crippen molar-refractivity contribution in [3.63, 3.8) is 0 Å². The summed E-state index contributed by atoms with van der Waals surface area (Å²) in [7, 11) is -0.385. The van der Waals surface area contributed by atoms with Gasteiger partial charge in [-0.2, -0.15) is 10.9 Å². The van der Waals surface area contributed by atoms with Gasteiger partial charge in [-0.15, -0.1) is 0 Å². The molecule has 0 nitrogen and oxygen atoms in total. The third kappa shape index (κ3) is 2.31. The molecular weight excluding hydrogens is 200 g/mol. The second kappa shape index (κ2) is 4.85. The van der Waals surface area contributed by atoms with Gasteiger partial charge in [0.2, 0.25) is 0 Å². The van der Waals surface area contributed by atoms with Gasteiger partial charge in [0.15, 0.2) is 0 Å². The van der Waals surface area contributed by atoms with Crippen LogP contribution in [0.25, 0.3) is 0 Å². The van der Waals surface area contributed by atoms with Gasteiger partial charge in [0.05, 0.1) is 0 Å². The first-order valence-electron chi connectivity index (χ1n) is 4.94. The molecule has 0 radical (unpaired) electrons. The molecule has 0 aliphatic carbocycles. The van der Waals surface area contributed by atoms with Crippen molar-refractivity contribution in [1.82, 2.24) is 0 Å². The van der Waals surface area contributed by atoms with Crippen LogP contribution in [-0.4, -0.2) is 0 Å². The molecule has 0 saturated heterocycles. The third-order valence-corrected chi connectivity index (χ3v) is 4.33. The fourth-order valence-electron chi connectivity index (χ4n) is 1.54. The first kappa shape index (κ1) is 10.1. The van der Waals surface area contributed by atoms with Crippen molar-refractivity contribution in [3.05, 3.63) is 72.7 Å². The number of benzene rings is 2. The van der Waals surface area contributed by atoms with Crippen LogP contribution < -0.4 is 0 Å². The van der Waals surface area contributed by atoms with Gasteiger partial charge < -0.3 is 0 Å². The first-order chi connectivity index (χ1) is 7.42. The fraction of sp³-hybridized carbons (Fsp3) is 0. The molecule has 2 rings (SSSR count). The van der Waals surface area contributed by atoms with Crippen LogP contribution in [0, 0.1) is 0 Å². The summed E-state index contributed by atoms with van der Waals surface area (Å²) in [6.07, 6.45) is 0. The van der Waals surface area contributed by atoms with Crippen molar-refractivity contribution in [3.8, 4) is 0 Å². The quantitative estimate of drug-likeness (QED) is 0.725. The largest absolute Gasteiger partial charge is 0.180 e. The van der Waals surface area contributed by atoms with E-state index in [9.17, 15) is 0 Å². The van der Waals surface area contributed by atoms with Gasteiger partial charge in [-0.1, -0.05) is 43.0 Å². The zero-order valence-electron chi connectivity index (χ0n) is 8.51. The normalized spacial score (nSPS) is 10.8. The van der Waals surface area contributed by atoms with E-state index in [1.165, 1.54) is 9.79 Å². The lowest BCUT2D eigenvalue weighted by Crippen LogP contribution is -1.80. The Morgan fingerprint density at radius 3 is 1.47 bits per heavy atom. The summed E-state index contributed by atoms with van der Waals surface area (Å²) in [6, 6.07) is 21.1. The molecule has 2 aromatic rings. The van der Waals surface area contributed by atoms with Crippen LogP contribution in [0.2, 0.25) is 0 Å². The number of hydrogen-bond donors (Lipinski definition) is 1. The molecule has 0 amide bonds. The molecule has 0 atom stereocenters. The molecule has 0 spiro atoms. The zero-order chi connectivity index (χ0) is 10.5. The number of hydrogen-bond acceptors (Lipinski definition) is 0. The Labute approximate surface area is 93.6 Å². The fourth-order valence-corrected chi connectivity index (χ4v) is 3.24. The Hall–Kier alpha value is -1.47. The van der Waals surface area contributed by atoms with Crippen molar-refractivity contribution in [2.75, 3.05) is 0 Å². The van der Waals surface area contributed by atoms with Gasteiger partial charge in [-0.3, -0.25) is 0 Å². The Kier molecular flexibility index (Phi) is 3.25. The average Bonchev–Trinajstić information content (AvgIpc) is 2.33. The molecule has 15 heavy (non-hydrogen) atoms. The number of thiol groups is 1. The summed E-state index contributed by atoms with van der Waals surface area (Å²) >= 11 is 0. The predicted molar refractivity (Wildman–Crippen MR) is 68.6 cm³/mol. The highest BCUT2D eigenvalue weighted by atomic mass is 32.2. The zero-order valence-corrected chi connectivity index (χ0v) is 9.40. The smallest absolute Gasteiger partial charge is 0.00504 e. The van der Waals surface area contributed by atoms with Gasteiger partial charge in [0, 0.05) is 0 Å². The Morgan fingerprint density at radius 2 is 1.13 bits per heavy atom. The van der Waals surface area contributed by atoms with E-state index in [4.69, 9.17) is 0 Å². The van der Waals surface area contributed by atoms with Gasteiger partial charge in [0.25, 0.3) is 0 Å². The topological polar surface area (TPSA) is 0 Å². The summed E-state index contributed by atoms with van der Waals surface area (Å²) < 4.78 is 0. The highest BCUT2D eigenvalue weighted by Gasteiger charge is 2.03. The molecule has 0 aliphatic heterocycles. The summed E-state index contributed by atoms with van der Waals surface area (Å²) in [4.78, 5) is 2.71. The molecule has 1 heteroatoms. The molecule has 0 fully saturated rings. The van der Waals surface area contributed by atoms with E-state index in [2.05, 4.69) is 60.5 Å². The minimum atomic E-state index is -0.385. The third-order valence-electron chi connectivity index (χ3n) is 2.25. The molecule has 0 aromatic heterocycles. The predicted octanol–water partition coefficient (Wildman–Crippen LogP) is 4.25. The van der Waals surface area contributed by atoms with E-state index in [-0.39, 0.29) is 10.9 Å². The van der Waals surface area contributed by atoms with Crippen LogP contribution in [0.4, 0.5) is 0 Å². The van der Waals surface area contributed by atoms with Crippen LogP contribution in [0.3, 0.4) is 0 Å². The van der Waals surface area contributed by atoms with Gasteiger partial charge in [-0.05, 0) is 39.5 Å². The molecule has 0 N–H and O–H groups in total. The molecule has 0 heterocycles. The van der Waals surface area contributed by atoms with Crippen molar-refractivity contribution in [2.24, 2.45) is 0 Å². The highest BCUT2D eigenvalue weighted by Crippen LogP contribution is 2.44. The lowest BCUT2D eigenvalue weighted by Gasteiger charge is -2.17. The molecule has 0 saturated carbocycles. The van der Waals surface area contributed by atoms with E-state index in [1.807, 2.05) is 12.1 Å². The van der Waals surface area contributed by atoms with Crippen molar-refractivity contribution in [2.45, 2.75) is 9.79 Å². The average molecular weight is 214 g/mol. The van der Waals surface area contributed by atoms with Crippen LogP contribution >= 0.6 is 10.9 Å². The maximum absolute atomic E-state index is 3.94. The lowest BCUT2D eigenvalue weighted by atomic mass is 10.4. The lowest BCUT2D eigenvalue weighted by molar-refractivity contribution is 1.39. The highest BCUT2D eigenvalue weighted by molar-refractivity contribution is 8.19. The van der Waals surface area contributed by atoms with Gasteiger partial charge in [0.1, 0.15) is 0 Å². The molecule has 76 valence electrons. The van der Waals surface area contributed by atoms with E-state index < -0.39 is 0 Å². The SMILES string of the molecule is C=C[SH](c1ccccc1)c1ccccc1. The van der Waals surface area contributed by atoms with Crippen LogP contribution in [0.1, 0.15) is 0 Å². The van der Waals surface area contributed by atoms with E-state index in [0.717, 1.165) is 0 Å².